The summed E-state index contributed by atoms with van der Waals surface area (Å²) in [5, 5.41) is 1.10. The Labute approximate surface area is 277 Å². The lowest BCUT2D eigenvalue weighted by Gasteiger charge is -2.19. The topological polar surface area (TPSA) is 81.2 Å². The molecule has 2 unspecified atom stereocenters. The zero-order chi connectivity index (χ0) is 33.0. The van der Waals surface area contributed by atoms with Crippen molar-refractivity contribution in [2.75, 3.05) is 0 Å². The highest BCUT2D eigenvalue weighted by molar-refractivity contribution is 5.98. The molecule has 3 amide bonds. The summed E-state index contributed by atoms with van der Waals surface area (Å²) < 4.78 is 0. The van der Waals surface area contributed by atoms with E-state index in [-0.39, 0.29) is 23.7 Å². The molecule has 0 aliphatic carbocycles. The minimum atomic E-state index is -0.411. The standard InChI is InChI=1S/C39H69N3O3/c1-5-9-13-17-19-24-30-34(28-22-15-11-7-3)37(43)40-42(39(45)36-32-26-21-27-33-36)41-38(44)35(29-23-16-12-8-4)31-25-20-18-14-10-6-2/h21,26-27,32-35H,5-20,22-25,28-31H2,1-4H3,(H,40,43)(H,41,44)/q+1. The van der Waals surface area contributed by atoms with Crippen molar-refractivity contribution >= 4 is 17.7 Å². The lowest BCUT2D eigenvalue weighted by Crippen LogP contribution is -2.62. The molecule has 1 radical (unpaired) electrons. The van der Waals surface area contributed by atoms with E-state index in [0.717, 1.165) is 108 Å². The second-order valence-corrected chi connectivity index (χ2v) is 13.2. The van der Waals surface area contributed by atoms with E-state index in [1.165, 1.54) is 51.4 Å². The summed E-state index contributed by atoms with van der Waals surface area (Å²) >= 11 is 0. The number of nitrogens with zero attached hydrogens (tertiary/aromatic N) is 1. The van der Waals surface area contributed by atoms with Crippen molar-refractivity contribution < 1.29 is 14.4 Å². The molecular formula is C39H69N3O3+. The van der Waals surface area contributed by atoms with Crippen LogP contribution in [0.15, 0.2) is 30.3 Å². The van der Waals surface area contributed by atoms with E-state index in [2.05, 4.69) is 38.5 Å². The number of hydrazine groups is 2. The molecule has 0 aliphatic rings. The Morgan fingerprint density at radius 2 is 0.800 bits per heavy atom. The zero-order valence-corrected chi connectivity index (χ0v) is 29.7. The smallest absolute Gasteiger partial charge is 0.269 e. The Balaban J connectivity index is 3.03. The van der Waals surface area contributed by atoms with Gasteiger partial charge in [-0.05, 0) is 37.8 Å². The number of rotatable bonds is 27. The fourth-order valence-electron chi connectivity index (χ4n) is 6.03. The molecule has 0 saturated heterocycles. The first-order valence-corrected chi connectivity index (χ1v) is 19.0. The average Bonchev–Trinajstić information content (AvgIpc) is 3.05. The van der Waals surface area contributed by atoms with E-state index < -0.39 is 5.91 Å². The summed E-state index contributed by atoms with van der Waals surface area (Å²) in [6.07, 6.45) is 26.2. The predicted molar refractivity (Wildman–Crippen MR) is 190 cm³/mol. The Hall–Kier alpha value is -2.21. The first-order valence-electron chi connectivity index (χ1n) is 19.0. The van der Waals surface area contributed by atoms with Crippen molar-refractivity contribution in [3.63, 3.8) is 0 Å². The van der Waals surface area contributed by atoms with Crippen LogP contribution in [0.1, 0.15) is 192 Å². The van der Waals surface area contributed by atoms with Crippen LogP contribution in [0.5, 0.6) is 0 Å². The minimum absolute atomic E-state index is 0.167. The van der Waals surface area contributed by atoms with E-state index >= 15 is 0 Å². The third-order valence-electron chi connectivity index (χ3n) is 9.03. The molecule has 45 heavy (non-hydrogen) atoms. The van der Waals surface area contributed by atoms with Gasteiger partial charge in [-0.3, -0.25) is 9.59 Å². The first-order chi connectivity index (χ1) is 22.0. The number of benzene rings is 1. The number of unbranched alkanes of at least 4 members (excludes halogenated alkanes) is 16. The molecule has 1 aromatic carbocycles. The highest BCUT2D eigenvalue weighted by Crippen LogP contribution is 2.21. The van der Waals surface area contributed by atoms with Gasteiger partial charge in [-0.2, -0.15) is 0 Å². The Morgan fingerprint density at radius 1 is 0.489 bits per heavy atom. The molecule has 1 rings (SSSR count). The van der Waals surface area contributed by atoms with Crippen LogP contribution in [0, 0.1) is 11.8 Å². The summed E-state index contributed by atoms with van der Waals surface area (Å²) in [5.41, 5.74) is 6.20. The maximum absolute atomic E-state index is 13.8. The maximum Gasteiger partial charge on any atom is 0.449 e. The van der Waals surface area contributed by atoms with Gasteiger partial charge in [0.2, 0.25) is 0 Å². The van der Waals surface area contributed by atoms with Crippen molar-refractivity contribution in [2.45, 2.75) is 182 Å². The number of nitrogens with one attached hydrogen (secondary N) is 2. The van der Waals surface area contributed by atoms with Crippen LogP contribution in [0.2, 0.25) is 0 Å². The monoisotopic (exact) mass is 628 g/mol. The van der Waals surface area contributed by atoms with Gasteiger partial charge in [0.05, 0.1) is 5.56 Å². The second kappa shape index (κ2) is 28.0. The molecule has 2 N–H and O–H groups in total. The van der Waals surface area contributed by atoms with Crippen molar-refractivity contribution in [2.24, 2.45) is 11.8 Å². The first kappa shape index (κ1) is 40.8. The molecule has 0 heterocycles. The van der Waals surface area contributed by atoms with Crippen LogP contribution >= 0.6 is 0 Å². The lowest BCUT2D eigenvalue weighted by atomic mass is 9.93. The Morgan fingerprint density at radius 3 is 1.16 bits per heavy atom. The fourth-order valence-corrected chi connectivity index (χ4v) is 6.03. The van der Waals surface area contributed by atoms with E-state index in [4.69, 9.17) is 0 Å². The summed E-state index contributed by atoms with van der Waals surface area (Å²) in [6, 6.07) is 8.92. The van der Waals surface area contributed by atoms with Crippen LogP contribution < -0.4 is 16.0 Å². The molecule has 6 nitrogen and oxygen atoms in total. The van der Waals surface area contributed by atoms with Gasteiger partial charge in [0, 0.05) is 11.8 Å². The lowest BCUT2D eigenvalue weighted by molar-refractivity contribution is -0.132. The van der Waals surface area contributed by atoms with E-state index in [0.29, 0.717) is 5.56 Å². The van der Waals surface area contributed by atoms with Gasteiger partial charge >= 0.3 is 5.91 Å². The van der Waals surface area contributed by atoms with Gasteiger partial charge in [-0.1, -0.05) is 174 Å². The normalized spacial score (nSPS) is 12.6. The van der Waals surface area contributed by atoms with Crippen LogP contribution in [0.4, 0.5) is 0 Å². The molecule has 1 aromatic rings. The third kappa shape index (κ3) is 19.8. The SMILES string of the molecule is CCCCCCCCC(CCCCCC)C(=O)N[N+](NC(=O)C(CCCCCC)CCCCCCCC)C(=O)c1ccccc1. The fraction of sp³-hybridized carbons (Fsp3) is 0.769. The maximum atomic E-state index is 13.8. The molecule has 257 valence electrons. The zero-order valence-electron chi connectivity index (χ0n) is 29.7. The van der Waals surface area contributed by atoms with Crippen molar-refractivity contribution in [3.8, 4) is 0 Å². The van der Waals surface area contributed by atoms with Crippen LogP contribution in [0.25, 0.3) is 0 Å². The van der Waals surface area contributed by atoms with Gasteiger partial charge in [-0.25, -0.2) is 4.79 Å². The van der Waals surface area contributed by atoms with E-state index in [1.54, 1.807) is 24.3 Å². The van der Waals surface area contributed by atoms with Crippen LogP contribution in [0.3, 0.4) is 0 Å². The quantitative estimate of drug-likeness (QED) is 0.0578. The number of hydrogen-bond donors (Lipinski definition) is 2. The molecule has 2 atom stereocenters. The van der Waals surface area contributed by atoms with Crippen molar-refractivity contribution in [1.29, 1.82) is 0 Å². The third-order valence-corrected chi connectivity index (χ3v) is 9.03. The molecule has 0 bridgehead atoms. The van der Waals surface area contributed by atoms with E-state index in [9.17, 15) is 14.4 Å². The van der Waals surface area contributed by atoms with E-state index in [1.807, 2.05) is 6.07 Å². The van der Waals surface area contributed by atoms with Gasteiger partial charge in [0.25, 0.3) is 11.8 Å². The molecule has 0 aromatic heterocycles. The Kier molecular flexibility index (Phi) is 25.4. The summed E-state index contributed by atoms with van der Waals surface area (Å²) in [6.45, 7) is 8.84. The molecule has 0 spiro atoms. The minimum Gasteiger partial charge on any atom is -0.269 e. The van der Waals surface area contributed by atoms with Gasteiger partial charge in [0.15, 0.2) is 0 Å². The molecule has 0 fully saturated rings. The van der Waals surface area contributed by atoms with Crippen LogP contribution in [-0.2, 0) is 9.59 Å². The molecular weight excluding hydrogens is 558 g/mol. The summed E-state index contributed by atoms with van der Waals surface area (Å²) in [4.78, 5) is 41.2. The van der Waals surface area contributed by atoms with Gasteiger partial charge in [-0.15, -0.1) is 10.9 Å². The Bertz CT molecular complexity index is 830. The molecule has 0 aliphatic heterocycles. The number of carbonyl (C=O) groups is 3. The van der Waals surface area contributed by atoms with Gasteiger partial charge in [0.1, 0.15) is 5.12 Å². The second-order valence-electron chi connectivity index (χ2n) is 13.2. The number of carbonyl (C=O) groups excluding carboxylic acids is 3. The largest absolute Gasteiger partial charge is 0.449 e. The van der Waals surface area contributed by atoms with Gasteiger partial charge < -0.3 is 0 Å². The predicted octanol–water partition coefficient (Wildman–Crippen LogP) is 10.7. The van der Waals surface area contributed by atoms with Crippen molar-refractivity contribution in [3.05, 3.63) is 35.9 Å². The molecule has 0 saturated carbocycles. The summed E-state index contributed by atoms with van der Waals surface area (Å²) in [7, 11) is 0. The average molecular weight is 628 g/mol. The number of amides is 3. The molecule has 6 heteroatoms. The number of hydrogen-bond acceptors (Lipinski definition) is 3. The van der Waals surface area contributed by atoms with Crippen LogP contribution in [-0.4, -0.2) is 17.7 Å². The highest BCUT2D eigenvalue weighted by atomic mass is 16.2. The summed E-state index contributed by atoms with van der Waals surface area (Å²) in [5.74, 6) is -1.10. The van der Waals surface area contributed by atoms with Crippen molar-refractivity contribution in [1.82, 2.24) is 16.0 Å². The highest BCUT2D eigenvalue weighted by Gasteiger charge is 2.37.